The molecule has 0 aromatic rings. The molecule has 3 unspecified atom stereocenters. The second-order valence-corrected chi connectivity index (χ2v) is 6.18. The molecule has 1 heterocycles. The van der Waals surface area contributed by atoms with Crippen molar-refractivity contribution in [1.82, 2.24) is 10.2 Å². The van der Waals surface area contributed by atoms with E-state index in [-0.39, 0.29) is 35.9 Å². The first-order valence-electron chi connectivity index (χ1n) is 7.04. The number of nitrogens with zero attached hydrogens (tertiary/aromatic N) is 1. The Hall–Kier alpha value is -1.06. The highest BCUT2D eigenvalue weighted by molar-refractivity contribution is 5.97. The number of carbonyl (C=O) groups is 2. The molecule has 0 aromatic carbocycles. The molecule has 1 aliphatic carbocycles. The van der Waals surface area contributed by atoms with Crippen LogP contribution >= 0.6 is 0 Å². The van der Waals surface area contributed by atoms with E-state index in [1.165, 1.54) is 12.8 Å². The number of rotatable bonds is 4. The van der Waals surface area contributed by atoms with Crippen molar-refractivity contribution in [3.8, 4) is 0 Å². The molecule has 2 fully saturated rings. The van der Waals surface area contributed by atoms with Gasteiger partial charge in [-0.05, 0) is 32.1 Å². The summed E-state index contributed by atoms with van der Waals surface area (Å²) < 4.78 is 0. The summed E-state index contributed by atoms with van der Waals surface area (Å²) in [5.41, 5.74) is 0. The molecule has 4 heteroatoms. The number of carbonyl (C=O) groups excluding carboxylic acids is 2. The fraction of sp³-hybridized carbons (Fsp3) is 0.857. The third-order valence-corrected chi connectivity index (χ3v) is 4.13. The molecule has 1 N–H and O–H groups in total. The van der Waals surface area contributed by atoms with E-state index in [4.69, 9.17) is 0 Å². The van der Waals surface area contributed by atoms with Gasteiger partial charge in [-0.2, -0.15) is 0 Å². The van der Waals surface area contributed by atoms with Crippen LogP contribution in [-0.2, 0) is 9.59 Å². The molecule has 4 nitrogen and oxygen atoms in total. The van der Waals surface area contributed by atoms with E-state index < -0.39 is 0 Å². The summed E-state index contributed by atoms with van der Waals surface area (Å²) in [6.45, 7) is 7.85. The molecule has 1 saturated heterocycles. The minimum absolute atomic E-state index is 0.0176. The predicted octanol–water partition coefficient (Wildman–Crippen LogP) is 1.55. The van der Waals surface area contributed by atoms with Gasteiger partial charge < -0.3 is 10.2 Å². The van der Waals surface area contributed by atoms with Crippen LogP contribution in [0.4, 0.5) is 0 Å². The van der Waals surface area contributed by atoms with E-state index in [0.29, 0.717) is 0 Å². The molecule has 18 heavy (non-hydrogen) atoms. The van der Waals surface area contributed by atoms with Gasteiger partial charge >= 0.3 is 0 Å². The molecule has 1 saturated carbocycles. The molecule has 102 valence electrons. The Balaban J connectivity index is 2.12. The highest BCUT2D eigenvalue weighted by Crippen LogP contribution is 2.35. The lowest BCUT2D eigenvalue weighted by molar-refractivity contribution is -0.152. The zero-order chi connectivity index (χ0) is 13.4. The van der Waals surface area contributed by atoms with E-state index in [9.17, 15) is 9.59 Å². The topological polar surface area (TPSA) is 49.4 Å². The Morgan fingerprint density at radius 3 is 2.39 bits per heavy atom. The summed E-state index contributed by atoms with van der Waals surface area (Å²) in [7, 11) is 0. The van der Waals surface area contributed by atoms with Crippen molar-refractivity contribution in [2.45, 2.75) is 65.1 Å². The maximum absolute atomic E-state index is 12.5. The normalized spacial score (nSPS) is 30.6. The quantitative estimate of drug-likeness (QED) is 0.825. The molecule has 1 aliphatic heterocycles. The van der Waals surface area contributed by atoms with Crippen LogP contribution in [0, 0.1) is 11.8 Å². The van der Waals surface area contributed by atoms with Gasteiger partial charge in [0.15, 0.2) is 0 Å². The van der Waals surface area contributed by atoms with Crippen molar-refractivity contribution >= 4 is 11.8 Å². The molecular formula is C14H24N2O2. The van der Waals surface area contributed by atoms with Crippen molar-refractivity contribution < 1.29 is 9.59 Å². The molecule has 0 radical (unpaired) electrons. The second-order valence-electron chi connectivity index (χ2n) is 6.18. The number of hydrogen-bond donors (Lipinski definition) is 1. The van der Waals surface area contributed by atoms with Crippen LogP contribution in [0.5, 0.6) is 0 Å². The largest absolute Gasteiger partial charge is 0.342 e. The Labute approximate surface area is 109 Å². The van der Waals surface area contributed by atoms with E-state index in [0.717, 1.165) is 12.3 Å². The van der Waals surface area contributed by atoms with Crippen LogP contribution in [0.25, 0.3) is 0 Å². The van der Waals surface area contributed by atoms with Crippen LogP contribution in [0.3, 0.4) is 0 Å². The van der Waals surface area contributed by atoms with Crippen LogP contribution < -0.4 is 5.32 Å². The van der Waals surface area contributed by atoms with Crippen LogP contribution in [0.1, 0.15) is 47.0 Å². The molecule has 2 amide bonds. The van der Waals surface area contributed by atoms with Gasteiger partial charge in [0.1, 0.15) is 12.1 Å². The van der Waals surface area contributed by atoms with Gasteiger partial charge in [-0.1, -0.05) is 26.7 Å². The Morgan fingerprint density at radius 2 is 1.89 bits per heavy atom. The van der Waals surface area contributed by atoms with E-state index in [1.54, 1.807) is 0 Å². The average molecular weight is 252 g/mol. The molecule has 2 aliphatic rings. The smallest absolute Gasteiger partial charge is 0.246 e. The molecule has 0 aromatic heterocycles. The molecular weight excluding hydrogens is 228 g/mol. The fourth-order valence-corrected chi connectivity index (χ4v) is 2.81. The van der Waals surface area contributed by atoms with Gasteiger partial charge in [-0.3, -0.25) is 9.59 Å². The first-order chi connectivity index (χ1) is 8.41. The number of hydrogen-bond acceptors (Lipinski definition) is 2. The first kappa shape index (κ1) is 13.4. The lowest BCUT2D eigenvalue weighted by Gasteiger charge is -2.42. The number of amides is 2. The minimum atomic E-state index is -0.352. The van der Waals surface area contributed by atoms with Gasteiger partial charge in [0.2, 0.25) is 11.8 Å². The van der Waals surface area contributed by atoms with Gasteiger partial charge in [0.25, 0.3) is 0 Å². The number of piperazine rings is 1. The third kappa shape index (κ3) is 2.52. The van der Waals surface area contributed by atoms with Gasteiger partial charge in [0, 0.05) is 6.04 Å². The third-order valence-electron chi connectivity index (χ3n) is 4.13. The Morgan fingerprint density at radius 1 is 1.28 bits per heavy atom. The summed E-state index contributed by atoms with van der Waals surface area (Å²) in [5, 5.41) is 2.84. The Kier molecular flexibility index (Phi) is 3.64. The monoisotopic (exact) mass is 252 g/mol. The lowest BCUT2D eigenvalue weighted by atomic mass is 9.96. The highest BCUT2D eigenvalue weighted by Gasteiger charge is 2.42. The van der Waals surface area contributed by atoms with Gasteiger partial charge in [0.05, 0.1) is 0 Å². The summed E-state index contributed by atoms with van der Waals surface area (Å²) in [6, 6.07) is -0.510. The zero-order valence-corrected chi connectivity index (χ0v) is 11.8. The van der Waals surface area contributed by atoms with Crippen molar-refractivity contribution in [1.29, 1.82) is 0 Å². The molecule has 3 atom stereocenters. The highest BCUT2D eigenvalue weighted by atomic mass is 16.2. The minimum Gasteiger partial charge on any atom is -0.342 e. The first-order valence-corrected chi connectivity index (χ1v) is 7.04. The fourth-order valence-electron chi connectivity index (χ4n) is 2.81. The van der Waals surface area contributed by atoms with E-state index >= 15 is 0 Å². The van der Waals surface area contributed by atoms with Crippen molar-refractivity contribution in [2.24, 2.45) is 11.8 Å². The maximum Gasteiger partial charge on any atom is 0.246 e. The molecule has 0 spiro atoms. The lowest BCUT2D eigenvalue weighted by Crippen LogP contribution is -2.65. The summed E-state index contributed by atoms with van der Waals surface area (Å²) in [4.78, 5) is 26.3. The SMILES string of the molecule is CC(C)C1NC(=O)C(C)N(C(C)CC2CC2)C1=O. The Bertz CT molecular complexity index is 350. The van der Waals surface area contributed by atoms with Crippen molar-refractivity contribution in [2.75, 3.05) is 0 Å². The summed E-state index contributed by atoms with van der Waals surface area (Å²) in [5.74, 6) is 0.980. The van der Waals surface area contributed by atoms with Crippen molar-refractivity contribution in [3.63, 3.8) is 0 Å². The molecule has 2 rings (SSSR count). The number of nitrogens with one attached hydrogen (secondary N) is 1. The second kappa shape index (κ2) is 4.90. The maximum atomic E-state index is 12.5. The van der Waals surface area contributed by atoms with Gasteiger partial charge in [-0.25, -0.2) is 0 Å². The average Bonchev–Trinajstić information content (AvgIpc) is 3.07. The predicted molar refractivity (Wildman–Crippen MR) is 69.9 cm³/mol. The molecule has 0 bridgehead atoms. The van der Waals surface area contributed by atoms with Crippen LogP contribution in [0.2, 0.25) is 0 Å². The standard InChI is InChI=1S/C14H24N2O2/c1-8(2)12-14(18)16(10(4)13(17)15-12)9(3)7-11-5-6-11/h8-12H,5-7H2,1-4H3,(H,15,17). The van der Waals surface area contributed by atoms with Crippen LogP contribution in [-0.4, -0.2) is 34.8 Å². The van der Waals surface area contributed by atoms with E-state index in [1.807, 2.05) is 25.7 Å². The van der Waals surface area contributed by atoms with Gasteiger partial charge in [-0.15, -0.1) is 0 Å². The van der Waals surface area contributed by atoms with Crippen LogP contribution in [0.15, 0.2) is 0 Å². The van der Waals surface area contributed by atoms with Crippen molar-refractivity contribution in [3.05, 3.63) is 0 Å². The summed E-state index contributed by atoms with van der Waals surface area (Å²) in [6.07, 6.45) is 3.59. The van der Waals surface area contributed by atoms with E-state index in [2.05, 4.69) is 12.2 Å². The zero-order valence-electron chi connectivity index (χ0n) is 11.8. The summed E-state index contributed by atoms with van der Waals surface area (Å²) >= 11 is 0.